The highest BCUT2D eigenvalue weighted by atomic mass is 15.2. The van der Waals surface area contributed by atoms with Crippen LogP contribution < -0.4 is 5.84 Å². The van der Waals surface area contributed by atoms with E-state index in [1.807, 2.05) is 0 Å². The molecule has 0 amide bonds. The number of benzene rings is 1. The third-order valence-electron chi connectivity index (χ3n) is 1.37. The molecule has 0 atom stereocenters. The van der Waals surface area contributed by atoms with E-state index in [4.69, 9.17) is 5.53 Å². The molecule has 1 rings (SSSR count). The molecule has 1 aromatic carbocycles. The van der Waals surface area contributed by atoms with E-state index in [2.05, 4.69) is 50.0 Å². The van der Waals surface area contributed by atoms with Gasteiger partial charge in [0.25, 0.3) is 0 Å². The van der Waals surface area contributed by atoms with Crippen LogP contribution in [0.1, 0.15) is 16.7 Å². The molecule has 0 spiro atoms. The molecule has 0 unspecified atom stereocenters. The maximum atomic E-state index is 5.61. The smallest absolute Gasteiger partial charge is 0.0398 e. The van der Waals surface area contributed by atoms with Gasteiger partial charge in [0.05, 0.1) is 0 Å². The van der Waals surface area contributed by atoms with E-state index in [-0.39, 0.29) is 0 Å². The van der Waals surface area contributed by atoms with Crippen LogP contribution in [0.25, 0.3) is 0 Å². The highest BCUT2D eigenvalue weighted by molar-refractivity contribution is 5.27. The Bertz CT molecular complexity index is 205. The molecule has 0 saturated heterocycles. The van der Waals surface area contributed by atoms with E-state index >= 15 is 0 Å². The number of nitrogens with one attached hydrogen (secondary N) is 1. The average Bonchev–Trinajstić information content (AvgIpc) is 1.84. The summed E-state index contributed by atoms with van der Waals surface area (Å²) >= 11 is 0. The van der Waals surface area contributed by atoms with Gasteiger partial charge in [-0.15, -0.1) is 0 Å². The minimum Gasteiger partial charge on any atom is -0.305 e. The molecule has 0 heterocycles. The highest BCUT2D eigenvalue weighted by Gasteiger charge is 1.87. The molecule has 0 radical (unpaired) electrons. The van der Waals surface area contributed by atoms with Crippen molar-refractivity contribution in [2.75, 3.05) is 0 Å². The van der Waals surface area contributed by atoms with Gasteiger partial charge in [0.15, 0.2) is 0 Å². The highest BCUT2D eigenvalue weighted by Crippen LogP contribution is 2.06. The summed E-state index contributed by atoms with van der Waals surface area (Å²) in [6.07, 6.45) is 0. The van der Waals surface area contributed by atoms with Crippen molar-refractivity contribution in [2.24, 2.45) is 11.1 Å². The van der Waals surface area contributed by atoms with Gasteiger partial charge in [-0.1, -0.05) is 40.1 Å². The fraction of sp³-hybridized carbons (Fsp3) is 0.333. The normalized spacial score (nSPS) is 8.25. The van der Waals surface area contributed by atoms with Crippen molar-refractivity contribution in [2.45, 2.75) is 20.8 Å². The minimum absolute atomic E-state index is 1.35. The predicted octanol–water partition coefficient (Wildman–Crippen LogP) is 2.50. The molecule has 0 aliphatic rings. The molecule has 0 fully saturated rings. The number of hydrogen-bond acceptors (Lipinski definition) is 2. The van der Waals surface area contributed by atoms with Crippen LogP contribution in [-0.2, 0) is 0 Å². The molecule has 0 aliphatic heterocycles. The van der Waals surface area contributed by atoms with Gasteiger partial charge in [-0.25, -0.2) is 0 Å². The third-order valence-corrected chi connectivity index (χ3v) is 1.37. The maximum Gasteiger partial charge on any atom is -0.0398 e. The molecule has 66 valence electrons. The van der Waals surface area contributed by atoms with Crippen LogP contribution in [0.15, 0.2) is 23.4 Å². The summed E-state index contributed by atoms with van der Waals surface area (Å²) in [6.45, 7) is 6.38. The second-order valence-electron chi connectivity index (χ2n) is 2.79. The van der Waals surface area contributed by atoms with Gasteiger partial charge in [0.2, 0.25) is 0 Å². The van der Waals surface area contributed by atoms with Crippen molar-refractivity contribution >= 4 is 0 Å². The summed E-state index contributed by atoms with van der Waals surface area (Å²) in [7, 11) is 0. The molecule has 3 nitrogen and oxygen atoms in total. The zero-order valence-electron chi connectivity index (χ0n) is 7.76. The molecule has 0 saturated carbocycles. The lowest BCUT2D eigenvalue weighted by atomic mass is 10.1. The Labute approximate surface area is 73.1 Å². The van der Waals surface area contributed by atoms with E-state index in [9.17, 15) is 0 Å². The fourth-order valence-electron chi connectivity index (χ4n) is 1.20. The Kier molecular flexibility index (Phi) is 4.69. The largest absolute Gasteiger partial charge is 0.305 e. The SMILES string of the molecule is Cc1cc(C)cc(C)c1.N=NN. The monoisotopic (exact) mass is 165 g/mol. The zero-order valence-corrected chi connectivity index (χ0v) is 7.76. The van der Waals surface area contributed by atoms with E-state index in [0.29, 0.717) is 0 Å². The lowest BCUT2D eigenvalue weighted by Crippen LogP contribution is -1.78. The number of nitrogens with zero attached hydrogens (tertiary/aromatic N) is 1. The molecule has 12 heavy (non-hydrogen) atoms. The number of nitrogens with two attached hydrogens (primary N) is 1. The molecule has 3 N–H and O–H groups in total. The predicted molar refractivity (Wildman–Crippen MR) is 50.0 cm³/mol. The first-order valence-corrected chi connectivity index (χ1v) is 3.71. The summed E-state index contributed by atoms with van der Waals surface area (Å²) in [5, 5.41) is 2.25. The zero-order chi connectivity index (χ0) is 9.56. The van der Waals surface area contributed by atoms with Crippen LogP contribution in [0.4, 0.5) is 0 Å². The Balaban J connectivity index is 0.000000354. The van der Waals surface area contributed by atoms with Crippen LogP contribution in [0.3, 0.4) is 0 Å². The second-order valence-corrected chi connectivity index (χ2v) is 2.79. The molecule has 0 aromatic heterocycles. The fourth-order valence-corrected chi connectivity index (χ4v) is 1.20. The minimum atomic E-state index is 1.35. The lowest BCUT2D eigenvalue weighted by Gasteiger charge is -1.96. The summed E-state index contributed by atoms with van der Waals surface area (Å²) in [5.74, 6) is 4.14. The molecular formula is C9H15N3. The van der Waals surface area contributed by atoms with E-state index in [1.165, 1.54) is 16.7 Å². The number of aryl methyl sites for hydroxylation is 3. The number of hydrogen-bond donors (Lipinski definition) is 2. The Morgan fingerprint density at radius 3 is 1.33 bits per heavy atom. The first-order chi connectivity index (χ1) is 5.60. The maximum absolute atomic E-state index is 5.61. The van der Waals surface area contributed by atoms with Crippen molar-refractivity contribution in [1.82, 2.24) is 0 Å². The molecule has 3 heteroatoms. The van der Waals surface area contributed by atoms with Crippen LogP contribution in [0.5, 0.6) is 0 Å². The topological polar surface area (TPSA) is 62.2 Å². The number of rotatable bonds is 0. The van der Waals surface area contributed by atoms with E-state index < -0.39 is 0 Å². The van der Waals surface area contributed by atoms with Gasteiger partial charge >= 0.3 is 0 Å². The third kappa shape index (κ3) is 4.44. The van der Waals surface area contributed by atoms with Gasteiger partial charge in [-0.3, -0.25) is 0 Å². The molecule has 0 aliphatic carbocycles. The van der Waals surface area contributed by atoms with Gasteiger partial charge in [0.1, 0.15) is 0 Å². The van der Waals surface area contributed by atoms with E-state index in [1.54, 1.807) is 0 Å². The van der Waals surface area contributed by atoms with Crippen molar-refractivity contribution in [3.05, 3.63) is 34.9 Å². The standard InChI is InChI=1S/C9H12.H3N3/c1-7-4-8(2)6-9(3)5-7;1-3-2/h4-6H,1-3H3;(H3,1,2). The van der Waals surface area contributed by atoms with Gasteiger partial charge in [-0.2, -0.15) is 5.53 Å². The average molecular weight is 165 g/mol. The first-order valence-electron chi connectivity index (χ1n) is 3.71. The lowest BCUT2D eigenvalue weighted by molar-refractivity contribution is 0.991. The second kappa shape index (κ2) is 5.29. The Morgan fingerprint density at radius 2 is 1.17 bits per heavy atom. The van der Waals surface area contributed by atoms with Gasteiger partial charge in [-0.05, 0) is 20.8 Å². The van der Waals surface area contributed by atoms with Crippen molar-refractivity contribution in [1.29, 1.82) is 5.53 Å². The Morgan fingerprint density at radius 1 is 1.00 bits per heavy atom. The van der Waals surface area contributed by atoms with Crippen LogP contribution in [-0.4, -0.2) is 0 Å². The van der Waals surface area contributed by atoms with Crippen LogP contribution in [0, 0.1) is 26.3 Å². The van der Waals surface area contributed by atoms with Crippen LogP contribution >= 0.6 is 0 Å². The summed E-state index contributed by atoms with van der Waals surface area (Å²) in [4.78, 5) is 0. The first kappa shape index (κ1) is 10.6. The van der Waals surface area contributed by atoms with Crippen LogP contribution in [0.2, 0.25) is 0 Å². The Hall–Kier alpha value is -1.38. The van der Waals surface area contributed by atoms with Crippen molar-refractivity contribution in [3.8, 4) is 0 Å². The van der Waals surface area contributed by atoms with E-state index in [0.717, 1.165) is 0 Å². The molecule has 0 bridgehead atoms. The van der Waals surface area contributed by atoms with Crippen molar-refractivity contribution in [3.63, 3.8) is 0 Å². The molecule has 1 aromatic rings. The molecular weight excluding hydrogens is 150 g/mol. The summed E-state index contributed by atoms with van der Waals surface area (Å²) in [5.41, 5.74) is 9.67. The van der Waals surface area contributed by atoms with Gasteiger partial charge in [0, 0.05) is 0 Å². The summed E-state index contributed by atoms with van der Waals surface area (Å²) in [6, 6.07) is 6.56. The summed E-state index contributed by atoms with van der Waals surface area (Å²) < 4.78 is 0. The van der Waals surface area contributed by atoms with Gasteiger partial charge < -0.3 is 5.84 Å². The van der Waals surface area contributed by atoms with Crippen molar-refractivity contribution < 1.29 is 0 Å². The quantitative estimate of drug-likeness (QED) is 0.346.